The molecule has 6 N–H and O–H groups in total. The highest BCUT2D eigenvalue weighted by Crippen LogP contribution is 2.27. The fourth-order valence-electron chi connectivity index (χ4n) is 4.86. The number of fused-ring (bicyclic) bond motifs is 1. The largest absolute Gasteiger partial charge is 0.506 e. The molecule has 0 unspecified atom stereocenters. The standard InChI is InChI=1S/C34H43N5O8/c1-19(2)14-23(38-33(47)34(3,4)5)30(44)37-24(16-20-10-8-7-9-11-20)29(43)35-17-21-12-13-25-22(15-21)28(42)27(32(46)39(25)6)31(45)36-18-26(40)41/h7-13,15,19,23-24,42H,14,16-18H2,1-6H3,(H,35,43)(H,36,45)(H,37,44)(H,38,47)(H,40,41)/t23-,24+/m0/s1. The van der Waals surface area contributed by atoms with Crippen molar-refractivity contribution in [3.63, 3.8) is 0 Å². The Morgan fingerprint density at radius 1 is 0.872 bits per heavy atom. The number of amides is 4. The highest BCUT2D eigenvalue weighted by Gasteiger charge is 2.31. The number of benzene rings is 2. The highest BCUT2D eigenvalue weighted by atomic mass is 16.4. The number of carbonyl (C=O) groups is 5. The number of nitrogens with zero attached hydrogens (tertiary/aromatic N) is 1. The molecule has 3 aromatic rings. The lowest BCUT2D eigenvalue weighted by Gasteiger charge is -2.27. The predicted molar refractivity (Wildman–Crippen MR) is 176 cm³/mol. The van der Waals surface area contributed by atoms with E-state index in [0.29, 0.717) is 17.5 Å². The van der Waals surface area contributed by atoms with Crippen LogP contribution in [0.2, 0.25) is 0 Å². The van der Waals surface area contributed by atoms with E-state index in [0.717, 1.165) is 10.1 Å². The van der Waals surface area contributed by atoms with Gasteiger partial charge in [0.2, 0.25) is 17.7 Å². The van der Waals surface area contributed by atoms with Crippen molar-refractivity contribution in [3.8, 4) is 5.75 Å². The van der Waals surface area contributed by atoms with Gasteiger partial charge in [-0.25, -0.2) is 0 Å². The maximum absolute atomic E-state index is 13.6. The fourth-order valence-corrected chi connectivity index (χ4v) is 4.86. The van der Waals surface area contributed by atoms with Gasteiger partial charge in [0, 0.05) is 30.8 Å². The number of hydrogen-bond acceptors (Lipinski definition) is 7. The molecule has 2 atom stereocenters. The zero-order chi connectivity index (χ0) is 35.1. The number of aromatic hydroxyl groups is 1. The van der Waals surface area contributed by atoms with Crippen molar-refractivity contribution in [2.24, 2.45) is 18.4 Å². The second kappa shape index (κ2) is 15.4. The fraction of sp³-hybridized carbons (Fsp3) is 0.412. The second-order valence-corrected chi connectivity index (χ2v) is 12.9. The lowest BCUT2D eigenvalue weighted by atomic mass is 9.94. The van der Waals surface area contributed by atoms with Crippen LogP contribution in [0, 0.1) is 11.3 Å². The summed E-state index contributed by atoms with van der Waals surface area (Å²) in [6.45, 7) is 8.34. The molecular formula is C34H43N5O8. The van der Waals surface area contributed by atoms with Gasteiger partial charge in [-0.1, -0.05) is 71.0 Å². The molecule has 0 fully saturated rings. The molecule has 0 saturated heterocycles. The minimum atomic E-state index is -1.32. The Hall–Kier alpha value is -5.20. The summed E-state index contributed by atoms with van der Waals surface area (Å²) in [6.07, 6.45) is 0.544. The first-order valence-electron chi connectivity index (χ1n) is 15.3. The van der Waals surface area contributed by atoms with Gasteiger partial charge >= 0.3 is 5.97 Å². The number of aryl methyl sites for hydroxylation is 1. The molecule has 1 heterocycles. The van der Waals surface area contributed by atoms with Gasteiger partial charge in [0.1, 0.15) is 29.9 Å². The molecule has 0 aliphatic heterocycles. The van der Waals surface area contributed by atoms with Crippen molar-refractivity contribution in [3.05, 3.63) is 75.6 Å². The lowest BCUT2D eigenvalue weighted by molar-refractivity contribution is -0.136. The van der Waals surface area contributed by atoms with Crippen molar-refractivity contribution < 1.29 is 34.2 Å². The summed E-state index contributed by atoms with van der Waals surface area (Å²) in [7, 11) is 1.41. The van der Waals surface area contributed by atoms with Gasteiger partial charge < -0.3 is 36.0 Å². The molecule has 0 aliphatic carbocycles. The maximum atomic E-state index is 13.6. The number of nitrogens with one attached hydrogen (secondary N) is 4. The molecule has 2 aromatic carbocycles. The number of pyridine rings is 1. The summed E-state index contributed by atoms with van der Waals surface area (Å²) in [6, 6.07) is 12.0. The van der Waals surface area contributed by atoms with Gasteiger partial charge in [-0.05, 0) is 35.6 Å². The molecule has 3 rings (SSSR count). The van der Waals surface area contributed by atoms with Crippen LogP contribution in [0.5, 0.6) is 5.75 Å². The molecule has 0 spiro atoms. The first-order valence-corrected chi connectivity index (χ1v) is 15.3. The Balaban J connectivity index is 1.87. The highest BCUT2D eigenvalue weighted by molar-refractivity contribution is 6.03. The van der Waals surface area contributed by atoms with Gasteiger partial charge in [0.05, 0.1) is 5.52 Å². The Morgan fingerprint density at radius 3 is 2.13 bits per heavy atom. The third kappa shape index (κ3) is 9.65. The molecule has 4 amide bonds. The number of hydrogen-bond donors (Lipinski definition) is 6. The van der Waals surface area contributed by atoms with Crippen LogP contribution in [-0.4, -0.2) is 63.0 Å². The van der Waals surface area contributed by atoms with Gasteiger partial charge in [0.25, 0.3) is 11.5 Å². The SMILES string of the molecule is CC(C)C[C@H](NC(=O)C(C)(C)C)C(=O)N[C@H](Cc1ccccc1)C(=O)NCc1ccc2c(c1)c(O)c(C(=O)NCC(=O)O)c(=O)n2C. The Kier molecular flexibility index (Phi) is 11.9. The monoisotopic (exact) mass is 649 g/mol. The molecule has 13 heteroatoms. The van der Waals surface area contributed by atoms with E-state index in [9.17, 15) is 33.9 Å². The van der Waals surface area contributed by atoms with Gasteiger partial charge in [-0.3, -0.25) is 28.8 Å². The summed E-state index contributed by atoms with van der Waals surface area (Å²) in [5, 5.41) is 30.4. The van der Waals surface area contributed by atoms with Crippen LogP contribution in [0.3, 0.4) is 0 Å². The summed E-state index contributed by atoms with van der Waals surface area (Å²) < 4.78 is 1.16. The van der Waals surface area contributed by atoms with Crippen LogP contribution in [0.1, 0.15) is 62.5 Å². The summed E-state index contributed by atoms with van der Waals surface area (Å²) in [5.41, 5.74) is -0.524. The maximum Gasteiger partial charge on any atom is 0.322 e. The molecule has 47 heavy (non-hydrogen) atoms. The second-order valence-electron chi connectivity index (χ2n) is 12.9. The first kappa shape index (κ1) is 36.3. The van der Waals surface area contributed by atoms with Crippen LogP contribution in [0.4, 0.5) is 0 Å². The number of aromatic nitrogens is 1. The van der Waals surface area contributed by atoms with Crippen LogP contribution in [0.15, 0.2) is 53.3 Å². The van der Waals surface area contributed by atoms with E-state index in [1.807, 2.05) is 44.2 Å². The van der Waals surface area contributed by atoms with E-state index in [2.05, 4.69) is 21.3 Å². The minimum absolute atomic E-state index is 0.0328. The number of carbonyl (C=O) groups excluding carboxylic acids is 4. The topological polar surface area (TPSA) is 196 Å². The molecule has 0 saturated carbocycles. The molecule has 0 radical (unpaired) electrons. The third-order valence-corrected chi connectivity index (χ3v) is 7.45. The molecular weight excluding hydrogens is 606 g/mol. The Bertz CT molecular complexity index is 1710. The first-order chi connectivity index (χ1) is 22.0. The average molecular weight is 650 g/mol. The zero-order valence-corrected chi connectivity index (χ0v) is 27.5. The van der Waals surface area contributed by atoms with Crippen LogP contribution in [0.25, 0.3) is 10.9 Å². The van der Waals surface area contributed by atoms with Crippen LogP contribution in [-0.2, 0) is 39.2 Å². The van der Waals surface area contributed by atoms with Gasteiger partial charge in [-0.2, -0.15) is 0 Å². The smallest absolute Gasteiger partial charge is 0.322 e. The van der Waals surface area contributed by atoms with Gasteiger partial charge in [-0.15, -0.1) is 0 Å². The average Bonchev–Trinajstić information content (AvgIpc) is 3.00. The van der Waals surface area contributed by atoms with E-state index in [-0.39, 0.29) is 30.2 Å². The van der Waals surface area contributed by atoms with E-state index >= 15 is 0 Å². The third-order valence-electron chi connectivity index (χ3n) is 7.45. The van der Waals surface area contributed by atoms with E-state index in [4.69, 9.17) is 5.11 Å². The van der Waals surface area contributed by atoms with Crippen molar-refractivity contribution >= 4 is 40.5 Å². The molecule has 0 aliphatic rings. The summed E-state index contributed by atoms with van der Waals surface area (Å²) >= 11 is 0. The number of carboxylic acids is 1. The molecule has 252 valence electrons. The summed E-state index contributed by atoms with van der Waals surface area (Å²) in [4.78, 5) is 76.1. The van der Waals surface area contributed by atoms with E-state index < -0.39 is 64.6 Å². The quantitative estimate of drug-likeness (QED) is 0.162. The van der Waals surface area contributed by atoms with Crippen molar-refractivity contribution in [1.29, 1.82) is 0 Å². The molecule has 13 nitrogen and oxygen atoms in total. The van der Waals surface area contributed by atoms with Gasteiger partial charge in [0.15, 0.2) is 0 Å². The Labute approximate surface area is 272 Å². The minimum Gasteiger partial charge on any atom is -0.506 e. The summed E-state index contributed by atoms with van der Waals surface area (Å²) in [5.74, 6) is -4.17. The predicted octanol–water partition coefficient (Wildman–Crippen LogP) is 1.98. The molecule has 1 aromatic heterocycles. The normalized spacial score (nSPS) is 12.7. The van der Waals surface area contributed by atoms with Crippen molar-refractivity contribution in [1.82, 2.24) is 25.8 Å². The lowest BCUT2D eigenvalue weighted by Crippen LogP contribution is -2.55. The van der Waals surface area contributed by atoms with Crippen LogP contribution < -0.4 is 26.8 Å². The van der Waals surface area contributed by atoms with E-state index in [1.165, 1.54) is 13.1 Å². The molecule has 0 bridgehead atoms. The zero-order valence-electron chi connectivity index (χ0n) is 27.5. The number of carboxylic acid groups (broad SMARTS) is 1. The van der Waals surface area contributed by atoms with Crippen molar-refractivity contribution in [2.75, 3.05) is 6.54 Å². The number of rotatable bonds is 13. The van der Waals surface area contributed by atoms with Crippen molar-refractivity contribution in [2.45, 2.75) is 66.1 Å². The number of aliphatic carboxylic acids is 1. The van der Waals surface area contributed by atoms with E-state index in [1.54, 1.807) is 32.9 Å². The van der Waals surface area contributed by atoms with Crippen LogP contribution >= 0.6 is 0 Å². The Morgan fingerprint density at radius 2 is 1.53 bits per heavy atom.